The average Bonchev–Trinajstić information content (AvgIpc) is 3.60. The molecule has 2 saturated carbocycles. The van der Waals surface area contributed by atoms with Gasteiger partial charge in [0.15, 0.2) is 0 Å². The van der Waals surface area contributed by atoms with Gasteiger partial charge in [0.05, 0.1) is 11.3 Å². The van der Waals surface area contributed by atoms with Crippen LogP contribution in [0.4, 0.5) is 11.4 Å². The zero-order valence-corrected chi connectivity index (χ0v) is 17.5. The Bertz CT molecular complexity index is 715. The van der Waals surface area contributed by atoms with Crippen molar-refractivity contribution in [3.63, 3.8) is 0 Å². The Hall–Kier alpha value is -2.04. The first-order valence-corrected chi connectivity index (χ1v) is 11.7. The molecule has 4 rings (SSSR count). The van der Waals surface area contributed by atoms with Gasteiger partial charge in [-0.1, -0.05) is 32.1 Å². The van der Waals surface area contributed by atoms with Crippen LogP contribution in [0.1, 0.15) is 81.0 Å². The molecule has 0 radical (unpaired) electrons. The van der Waals surface area contributed by atoms with E-state index in [0.717, 1.165) is 62.3 Å². The second-order valence-electron chi connectivity index (χ2n) is 9.11. The summed E-state index contributed by atoms with van der Waals surface area (Å²) in [5.41, 5.74) is 2.53. The molecule has 2 aliphatic carbocycles. The number of rotatable bonds is 6. The molecule has 0 spiro atoms. The number of benzene rings is 1. The maximum atomic E-state index is 13.1. The summed E-state index contributed by atoms with van der Waals surface area (Å²) in [7, 11) is 0. The van der Waals surface area contributed by atoms with E-state index in [9.17, 15) is 9.59 Å². The maximum Gasteiger partial charge on any atom is 0.253 e. The third-order valence-corrected chi connectivity index (χ3v) is 6.68. The van der Waals surface area contributed by atoms with Crippen LogP contribution in [-0.4, -0.2) is 31.4 Å². The van der Waals surface area contributed by atoms with Gasteiger partial charge in [0, 0.05) is 31.2 Å². The van der Waals surface area contributed by atoms with Crippen LogP contribution in [0, 0.1) is 11.8 Å². The summed E-state index contributed by atoms with van der Waals surface area (Å²) in [6, 6.07) is 5.80. The number of amides is 2. The van der Waals surface area contributed by atoms with Crippen molar-refractivity contribution < 1.29 is 9.59 Å². The summed E-state index contributed by atoms with van der Waals surface area (Å²) in [6.07, 6.45) is 13.1. The predicted octanol–water partition coefficient (Wildman–Crippen LogP) is 4.73. The molecular weight excluding hydrogens is 362 g/mol. The molecule has 1 saturated heterocycles. The van der Waals surface area contributed by atoms with Gasteiger partial charge in [-0.3, -0.25) is 9.59 Å². The van der Waals surface area contributed by atoms with Crippen LogP contribution in [-0.2, 0) is 4.79 Å². The van der Waals surface area contributed by atoms with E-state index < -0.39 is 0 Å². The van der Waals surface area contributed by atoms with Crippen molar-refractivity contribution in [2.75, 3.05) is 29.9 Å². The van der Waals surface area contributed by atoms with Gasteiger partial charge in [0.25, 0.3) is 5.91 Å². The van der Waals surface area contributed by atoms with E-state index in [1.807, 2.05) is 18.2 Å². The van der Waals surface area contributed by atoms with Crippen molar-refractivity contribution in [2.45, 2.75) is 70.6 Å². The van der Waals surface area contributed by atoms with Crippen molar-refractivity contribution >= 4 is 23.2 Å². The van der Waals surface area contributed by atoms with Gasteiger partial charge in [-0.05, 0) is 62.6 Å². The number of carbonyl (C=O) groups excluding carboxylic acids is 2. The fourth-order valence-corrected chi connectivity index (χ4v) is 4.69. The molecular formula is C24H35N3O2. The van der Waals surface area contributed by atoms with Crippen LogP contribution >= 0.6 is 0 Å². The minimum absolute atomic E-state index is 0.0230. The Kier molecular flexibility index (Phi) is 6.73. The maximum absolute atomic E-state index is 13.1. The Balaban J connectivity index is 1.50. The molecule has 1 aliphatic heterocycles. The summed E-state index contributed by atoms with van der Waals surface area (Å²) in [6.45, 7) is 2.73. The zero-order valence-electron chi connectivity index (χ0n) is 17.5. The first-order valence-electron chi connectivity index (χ1n) is 11.7. The van der Waals surface area contributed by atoms with Crippen molar-refractivity contribution in [3.05, 3.63) is 23.8 Å². The molecule has 2 N–H and O–H groups in total. The fraction of sp³-hybridized carbons (Fsp3) is 0.667. The van der Waals surface area contributed by atoms with Crippen LogP contribution in [0.25, 0.3) is 0 Å². The van der Waals surface area contributed by atoms with E-state index in [-0.39, 0.29) is 17.7 Å². The van der Waals surface area contributed by atoms with E-state index in [0.29, 0.717) is 5.92 Å². The Morgan fingerprint density at radius 3 is 2.28 bits per heavy atom. The van der Waals surface area contributed by atoms with E-state index in [1.54, 1.807) is 0 Å². The second-order valence-corrected chi connectivity index (χ2v) is 9.11. The Labute approximate surface area is 174 Å². The third-order valence-electron chi connectivity index (χ3n) is 6.68. The molecule has 1 aromatic carbocycles. The van der Waals surface area contributed by atoms with Gasteiger partial charge in [0.1, 0.15) is 0 Å². The van der Waals surface area contributed by atoms with Crippen LogP contribution in [0.3, 0.4) is 0 Å². The molecule has 3 fully saturated rings. The van der Waals surface area contributed by atoms with Gasteiger partial charge in [-0.2, -0.15) is 0 Å². The molecule has 29 heavy (non-hydrogen) atoms. The lowest BCUT2D eigenvalue weighted by Crippen LogP contribution is -2.33. The molecule has 0 bridgehead atoms. The van der Waals surface area contributed by atoms with Gasteiger partial charge in [-0.15, -0.1) is 0 Å². The Morgan fingerprint density at radius 2 is 1.59 bits per heavy atom. The first-order chi connectivity index (χ1) is 14.2. The smallest absolute Gasteiger partial charge is 0.253 e. The van der Waals surface area contributed by atoms with Crippen LogP contribution in [0.2, 0.25) is 0 Å². The fourth-order valence-electron chi connectivity index (χ4n) is 4.69. The van der Waals surface area contributed by atoms with Crippen molar-refractivity contribution in [2.24, 2.45) is 11.8 Å². The summed E-state index contributed by atoms with van der Waals surface area (Å²) in [4.78, 5) is 27.6. The lowest BCUT2D eigenvalue weighted by Gasteiger charge is -2.27. The summed E-state index contributed by atoms with van der Waals surface area (Å²) >= 11 is 0. The quantitative estimate of drug-likeness (QED) is 0.730. The molecule has 2 amide bonds. The lowest BCUT2D eigenvalue weighted by molar-refractivity contribution is -0.117. The number of nitrogens with zero attached hydrogens (tertiary/aromatic N) is 1. The standard InChI is InChI=1S/C24H35N3O2/c28-23(19-10-11-19)26-20-12-13-21(22(16-20)27-14-6-1-2-7-15-27)24(29)25-17-18-8-4-3-5-9-18/h12-13,16,18-19H,1-11,14-15,17H2,(H,25,29)(H,26,28). The minimum atomic E-state index is 0.0230. The number of hydrogen-bond acceptors (Lipinski definition) is 3. The SMILES string of the molecule is O=C(NCC1CCCCC1)c1ccc(NC(=O)C2CC2)cc1N1CCCCCC1. The molecule has 1 heterocycles. The van der Waals surface area contributed by atoms with Crippen molar-refractivity contribution in [3.8, 4) is 0 Å². The van der Waals surface area contributed by atoms with Gasteiger partial charge in [0.2, 0.25) is 5.91 Å². The molecule has 0 aromatic heterocycles. The lowest BCUT2D eigenvalue weighted by atomic mass is 9.89. The number of anilines is 2. The zero-order chi connectivity index (χ0) is 20.1. The van der Waals surface area contributed by atoms with E-state index >= 15 is 0 Å². The minimum Gasteiger partial charge on any atom is -0.371 e. The van der Waals surface area contributed by atoms with E-state index in [2.05, 4.69) is 15.5 Å². The average molecular weight is 398 g/mol. The largest absolute Gasteiger partial charge is 0.371 e. The summed E-state index contributed by atoms with van der Waals surface area (Å²) in [5, 5.41) is 6.25. The highest BCUT2D eigenvalue weighted by molar-refractivity contribution is 6.02. The molecule has 158 valence electrons. The molecule has 3 aliphatic rings. The normalized spacial score (nSPS) is 20.8. The predicted molar refractivity (Wildman–Crippen MR) is 117 cm³/mol. The van der Waals surface area contributed by atoms with Crippen molar-refractivity contribution in [1.29, 1.82) is 0 Å². The second kappa shape index (κ2) is 9.64. The Morgan fingerprint density at radius 1 is 0.897 bits per heavy atom. The monoisotopic (exact) mass is 397 g/mol. The third kappa shape index (κ3) is 5.52. The number of hydrogen-bond donors (Lipinski definition) is 2. The van der Waals surface area contributed by atoms with Gasteiger partial charge >= 0.3 is 0 Å². The highest BCUT2D eigenvalue weighted by Crippen LogP contribution is 2.32. The van der Waals surface area contributed by atoms with Gasteiger partial charge in [-0.25, -0.2) is 0 Å². The molecule has 0 unspecified atom stereocenters. The van der Waals surface area contributed by atoms with Crippen LogP contribution in [0.5, 0.6) is 0 Å². The van der Waals surface area contributed by atoms with Gasteiger partial charge < -0.3 is 15.5 Å². The number of nitrogens with one attached hydrogen (secondary N) is 2. The van der Waals surface area contributed by atoms with Crippen LogP contribution < -0.4 is 15.5 Å². The highest BCUT2D eigenvalue weighted by atomic mass is 16.2. The highest BCUT2D eigenvalue weighted by Gasteiger charge is 2.30. The summed E-state index contributed by atoms with van der Waals surface area (Å²) in [5.74, 6) is 0.928. The number of carbonyl (C=O) groups is 2. The van der Waals surface area contributed by atoms with E-state index in [1.165, 1.54) is 44.9 Å². The molecule has 5 heteroatoms. The first kappa shape index (κ1) is 20.2. The molecule has 0 atom stereocenters. The summed E-state index contributed by atoms with van der Waals surface area (Å²) < 4.78 is 0. The van der Waals surface area contributed by atoms with Crippen LogP contribution in [0.15, 0.2) is 18.2 Å². The molecule has 5 nitrogen and oxygen atoms in total. The topological polar surface area (TPSA) is 61.4 Å². The van der Waals surface area contributed by atoms with Crippen molar-refractivity contribution in [1.82, 2.24) is 5.32 Å². The molecule has 1 aromatic rings. The van der Waals surface area contributed by atoms with E-state index in [4.69, 9.17) is 0 Å².